The van der Waals surface area contributed by atoms with Crippen molar-refractivity contribution in [3.63, 3.8) is 0 Å². The SMILES string of the molecule is CC1COc2cc(-c3noc(C(F)(F)F)n3)cc(F)c2CN1C(=O)C1(C)CCNC1. The molecule has 1 fully saturated rings. The average Bonchev–Trinajstić information content (AvgIpc) is 3.31. The maximum Gasteiger partial charge on any atom is 0.471 e. The molecule has 7 nitrogen and oxygen atoms in total. The highest BCUT2D eigenvalue weighted by molar-refractivity contribution is 5.83. The summed E-state index contributed by atoms with van der Waals surface area (Å²) < 4.78 is 63.0. The van der Waals surface area contributed by atoms with Crippen LogP contribution in [0.1, 0.15) is 31.7 Å². The first-order chi connectivity index (χ1) is 14.1. The van der Waals surface area contributed by atoms with Crippen molar-refractivity contribution in [3.05, 3.63) is 29.4 Å². The van der Waals surface area contributed by atoms with Gasteiger partial charge in [-0.25, -0.2) is 4.39 Å². The Bertz CT molecular complexity index is 969. The zero-order valence-electron chi connectivity index (χ0n) is 16.3. The Morgan fingerprint density at radius 1 is 1.37 bits per heavy atom. The number of amides is 1. The molecule has 0 saturated carbocycles. The normalized spacial score (nSPS) is 24.3. The van der Waals surface area contributed by atoms with Crippen LogP contribution in [0.25, 0.3) is 11.4 Å². The van der Waals surface area contributed by atoms with Crippen molar-refractivity contribution in [2.45, 2.75) is 39.0 Å². The third-order valence-electron chi connectivity index (χ3n) is 5.57. The van der Waals surface area contributed by atoms with E-state index < -0.39 is 29.1 Å². The molecule has 1 saturated heterocycles. The van der Waals surface area contributed by atoms with Crippen molar-refractivity contribution in [3.8, 4) is 17.1 Å². The van der Waals surface area contributed by atoms with Crippen molar-refractivity contribution < 1.29 is 31.6 Å². The fourth-order valence-electron chi connectivity index (χ4n) is 3.72. The Hall–Kier alpha value is -2.69. The third kappa shape index (κ3) is 3.62. The monoisotopic (exact) mass is 428 g/mol. The van der Waals surface area contributed by atoms with Gasteiger partial charge in [0.25, 0.3) is 0 Å². The minimum Gasteiger partial charge on any atom is -0.491 e. The van der Waals surface area contributed by atoms with Crippen LogP contribution in [0.2, 0.25) is 0 Å². The molecule has 1 N–H and O–H groups in total. The molecule has 30 heavy (non-hydrogen) atoms. The molecule has 0 radical (unpaired) electrons. The fraction of sp³-hybridized carbons (Fsp3) is 0.526. The lowest BCUT2D eigenvalue weighted by atomic mass is 9.87. The number of rotatable bonds is 2. The Morgan fingerprint density at radius 2 is 2.13 bits per heavy atom. The quantitative estimate of drug-likeness (QED) is 0.741. The van der Waals surface area contributed by atoms with Gasteiger partial charge < -0.3 is 19.5 Å². The number of carbonyl (C=O) groups is 1. The van der Waals surface area contributed by atoms with Gasteiger partial charge in [0.15, 0.2) is 0 Å². The van der Waals surface area contributed by atoms with Crippen LogP contribution < -0.4 is 10.1 Å². The number of hydrogen-bond acceptors (Lipinski definition) is 6. The van der Waals surface area contributed by atoms with Gasteiger partial charge in [0.1, 0.15) is 18.2 Å². The molecule has 11 heteroatoms. The predicted molar refractivity (Wildman–Crippen MR) is 95.8 cm³/mol. The average molecular weight is 428 g/mol. The van der Waals surface area contributed by atoms with Crippen molar-refractivity contribution in [1.82, 2.24) is 20.4 Å². The van der Waals surface area contributed by atoms with Gasteiger partial charge in [0, 0.05) is 17.7 Å². The summed E-state index contributed by atoms with van der Waals surface area (Å²) in [5.74, 6) is -2.59. The number of halogens is 4. The molecule has 2 unspecified atom stereocenters. The Balaban J connectivity index is 1.66. The minimum atomic E-state index is -4.80. The zero-order chi connectivity index (χ0) is 21.7. The van der Waals surface area contributed by atoms with Gasteiger partial charge in [0.2, 0.25) is 11.7 Å². The molecule has 162 valence electrons. The zero-order valence-corrected chi connectivity index (χ0v) is 16.3. The van der Waals surface area contributed by atoms with Gasteiger partial charge in [0.05, 0.1) is 18.0 Å². The highest BCUT2D eigenvalue weighted by Crippen LogP contribution is 2.36. The summed E-state index contributed by atoms with van der Waals surface area (Å²) in [5.41, 5.74) is -0.427. The molecule has 3 heterocycles. The Morgan fingerprint density at radius 3 is 2.77 bits per heavy atom. The van der Waals surface area contributed by atoms with Gasteiger partial charge in [-0.15, -0.1) is 0 Å². The lowest BCUT2D eigenvalue weighted by molar-refractivity contribution is -0.159. The molecule has 1 aromatic carbocycles. The second-order valence-corrected chi connectivity index (χ2v) is 7.94. The number of aromatic nitrogens is 2. The van der Waals surface area contributed by atoms with Crippen molar-refractivity contribution >= 4 is 5.91 Å². The molecule has 2 aliphatic heterocycles. The topological polar surface area (TPSA) is 80.5 Å². The van der Waals surface area contributed by atoms with Crippen LogP contribution in [0.15, 0.2) is 16.7 Å². The Labute approximate surface area is 169 Å². The van der Waals surface area contributed by atoms with Gasteiger partial charge in [-0.3, -0.25) is 4.79 Å². The molecule has 2 atom stereocenters. The number of nitrogens with one attached hydrogen (secondary N) is 1. The molecule has 0 aliphatic carbocycles. The summed E-state index contributed by atoms with van der Waals surface area (Å²) in [5, 5.41) is 6.46. The van der Waals surface area contributed by atoms with Crippen LogP contribution in [-0.4, -0.2) is 46.7 Å². The standard InChI is InChI=1S/C19H20F4N4O3/c1-10-8-29-14-6-11(15-25-16(30-26-15)19(21,22)23)5-13(20)12(14)7-27(10)17(28)18(2)3-4-24-9-18/h5-6,10,24H,3-4,7-9H2,1-2H3. The highest BCUT2D eigenvalue weighted by atomic mass is 19.4. The van der Waals surface area contributed by atoms with Crippen molar-refractivity contribution in [1.29, 1.82) is 0 Å². The number of hydrogen-bond donors (Lipinski definition) is 1. The first-order valence-electron chi connectivity index (χ1n) is 9.47. The van der Waals surface area contributed by atoms with Crippen LogP contribution in [0, 0.1) is 11.2 Å². The molecule has 2 aliphatic rings. The second kappa shape index (κ2) is 7.22. The first kappa shape index (κ1) is 20.6. The predicted octanol–water partition coefficient (Wildman–Crippen LogP) is 3.00. The number of benzene rings is 1. The van der Waals surface area contributed by atoms with E-state index in [9.17, 15) is 22.4 Å². The van der Waals surface area contributed by atoms with Gasteiger partial charge >= 0.3 is 12.1 Å². The van der Waals surface area contributed by atoms with Crippen molar-refractivity contribution in [2.24, 2.45) is 5.41 Å². The van der Waals surface area contributed by atoms with Crippen LogP contribution >= 0.6 is 0 Å². The van der Waals surface area contributed by atoms with Crippen LogP contribution in [0.4, 0.5) is 17.6 Å². The van der Waals surface area contributed by atoms with E-state index in [1.807, 2.05) is 13.8 Å². The molecule has 2 aromatic rings. The van der Waals surface area contributed by atoms with E-state index in [1.165, 1.54) is 6.07 Å². The number of alkyl halides is 3. The molecule has 4 rings (SSSR count). The maximum absolute atomic E-state index is 14.9. The summed E-state index contributed by atoms with van der Waals surface area (Å²) in [6, 6.07) is 2.07. The Kier molecular flexibility index (Phi) is 4.95. The van der Waals surface area contributed by atoms with E-state index in [0.717, 1.165) is 12.6 Å². The lowest BCUT2D eigenvalue weighted by Gasteiger charge is -2.33. The largest absolute Gasteiger partial charge is 0.491 e. The van der Waals surface area contributed by atoms with E-state index in [0.29, 0.717) is 13.0 Å². The van der Waals surface area contributed by atoms with E-state index in [4.69, 9.17) is 4.74 Å². The van der Waals surface area contributed by atoms with E-state index in [-0.39, 0.29) is 42.0 Å². The third-order valence-corrected chi connectivity index (χ3v) is 5.57. The maximum atomic E-state index is 14.9. The molecule has 1 amide bonds. The molecule has 0 bridgehead atoms. The molecule has 1 aromatic heterocycles. The van der Waals surface area contributed by atoms with E-state index in [1.54, 1.807) is 4.90 Å². The minimum absolute atomic E-state index is 0.00290. The fourth-order valence-corrected chi connectivity index (χ4v) is 3.72. The van der Waals surface area contributed by atoms with Crippen LogP contribution in [0.3, 0.4) is 0 Å². The molecule has 0 spiro atoms. The second-order valence-electron chi connectivity index (χ2n) is 7.94. The molecular weight excluding hydrogens is 408 g/mol. The van der Waals surface area contributed by atoms with E-state index in [2.05, 4.69) is 20.0 Å². The first-order valence-corrected chi connectivity index (χ1v) is 9.47. The van der Waals surface area contributed by atoms with Gasteiger partial charge in [-0.1, -0.05) is 5.16 Å². The van der Waals surface area contributed by atoms with E-state index >= 15 is 0 Å². The van der Waals surface area contributed by atoms with Gasteiger partial charge in [-0.05, 0) is 38.9 Å². The number of nitrogens with zero attached hydrogens (tertiary/aromatic N) is 3. The highest BCUT2D eigenvalue weighted by Gasteiger charge is 2.42. The van der Waals surface area contributed by atoms with Gasteiger partial charge in [-0.2, -0.15) is 18.2 Å². The smallest absolute Gasteiger partial charge is 0.471 e. The number of carbonyl (C=O) groups excluding carboxylic acids is 1. The summed E-state index contributed by atoms with van der Waals surface area (Å²) in [7, 11) is 0. The van der Waals surface area contributed by atoms with Crippen molar-refractivity contribution in [2.75, 3.05) is 19.7 Å². The summed E-state index contributed by atoms with van der Waals surface area (Å²) in [6.45, 7) is 5.08. The summed E-state index contributed by atoms with van der Waals surface area (Å²) in [4.78, 5) is 18.0. The summed E-state index contributed by atoms with van der Waals surface area (Å²) >= 11 is 0. The lowest BCUT2D eigenvalue weighted by Crippen LogP contribution is -2.48. The number of fused-ring (bicyclic) bond motifs is 1. The molecular formula is C19H20F4N4O3. The van der Waals surface area contributed by atoms with Crippen LogP contribution in [-0.2, 0) is 17.5 Å². The number of ether oxygens (including phenoxy) is 1. The van der Waals surface area contributed by atoms with Crippen LogP contribution in [0.5, 0.6) is 5.75 Å². The summed E-state index contributed by atoms with van der Waals surface area (Å²) in [6.07, 6.45) is -4.11.